The summed E-state index contributed by atoms with van der Waals surface area (Å²) in [5.74, 6) is 1.23. The van der Waals surface area contributed by atoms with Crippen LogP contribution in [-0.4, -0.2) is 30.7 Å². The lowest BCUT2D eigenvalue weighted by atomic mass is 9.96. The molecule has 0 aromatic carbocycles. The summed E-state index contributed by atoms with van der Waals surface area (Å²) in [4.78, 5) is 7.08. The van der Waals surface area contributed by atoms with Gasteiger partial charge < -0.3 is 10.2 Å². The van der Waals surface area contributed by atoms with E-state index < -0.39 is 0 Å². The Morgan fingerprint density at radius 1 is 1.53 bits per heavy atom. The van der Waals surface area contributed by atoms with Gasteiger partial charge in [-0.2, -0.15) is 0 Å². The Balaban J connectivity index is 1.99. The van der Waals surface area contributed by atoms with Gasteiger partial charge in [-0.3, -0.25) is 0 Å². The van der Waals surface area contributed by atoms with Gasteiger partial charge in [0.1, 0.15) is 5.82 Å². The number of hydrogen-bond acceptors (Lipinski definition) is 3. The van der Waals surface area contributed by atoms with Gasteiger partial charge in [-0.15, -0.1) is 0 Å². The van der Waals surface area contributed by atoms with Crippen LogP contribution in [0.2, 0.25) is 0 Å². The Kier molecular flexibility index (Phi) is 2.13. The predicted octanol–water partition coefficient (Wildman–Crippen LogP) is 1.11. The first-order valence-electron chi connectivity index (χ1n) is 5.77. The van der Waals surface area contributed by atoms with E-state index in [0.717, 1.165) is 19.6 Å². The fraction of sp³-hybridized carbons (Fsp3) is 0.583. The van der Waals surface area contributed by atoms with Crippen molar-refractivity contribution < 1.29 is 0 Å². The summed E-state index contributed by atoms with van der Waals surface area (Å²) in [5, 5.41) is 3.46. The number of nitrogens with one attached hydrogen (secondary N) is 1. The fourth-order valence-corrected chi connectivity index (χ4v) is 2.68. The van der Waals surface area contributed by atoms with E-state index in [-0.39, 0.29) is 0 Å². The molecule has 3 nitrogen and oxygen atoms in total. The van der Waals surface area contributed by atoms with Crippen molar-refractivity contribution >= 4 is 5.82 Å². The van der Waals surface area contributed by atoms with Gasteiger partial charge in [0.05, 0.1) is 0 Å². The van der Waals surface area contributed by atoms with E-state index in [9.17, 15) is 0 Å². The first kappa shape index (κ1) is 9.16. The van der Waals surface area contributed by atoms with Crippen LogP contribution in [0, 0.1) is 6.92 Å². The highest BCUT2D eigenvalue weighted by molar-refractivity contribution is 5.51. The van der Waals surface area contributed by atoms with E-state index in [2.05, 4.69) is 28.2 Å². The number of fused-ring (bicyclic) bond motifs is 3. The first-order valence-corrected chi connectivity index (χ1v) is 5.77. The second-order valence-corrected chi connectivity index (χ2v) is 4.59. The second kappa shape index (κ2) is 3.49. The summed E-state index contributed by atoms with van der Waals surface area (Å²) in [6.45, 7) is 5.44. The molecule has 1 fully saturated rings. The third kappa shape index (κ3) is 1.51. The topological polar surface area (TPSA) is 28.2 Å². The highest BCUT2D eigenvalue weighted by Crippen LogP contribution is 2.29. The normalized spacial score (nSPS) is 24.6. The monoisotopic (exact) mass is 203 g/mol. The van der Waals surface area contributed by atoms with Gasteiger partial charge in [-0.05, 0) is 30.9 Å². The molecule has 0 radical (unpaired) electrons. The Morgan fingerprint density at radius 3 is 3.40 bits per heavy atom. The lowest BCUT2D eigenvalue weighted by molar-refractivity contribution is 0.435. The Bertz CT molecular complexity index is 375. The smallest absolute Gasteiger partial charge is 0.132 e. The van der Waals surface area contributed by atoms with E-state index in [1.807, 2.05) is 6.20 Å². The molecule has 3 heteroatoms. The maximum atomic E-state index is 4.60. The SMILES string of the molecule is Cc1cnc2c(c1)CCC1CNCCN21. The van der Waals surface area contributed by atoms with Crippen LogP contribution >= 0.6 is 0 Å². The molecular weight excluding hydrogens is 186 g/mol. The zero-order chi connectivity index (χ0) is 10.3. The molecule has 0 amide bonds. The van der Waals surface area contributed by atoms with Gasteiger partial charge in [-0.25, -0.2) is 4.98 Å². The number of anilines is 1. The fourth-order valence-electron chi connectivity index (χ4n) is 2.68. The van der Waals surface area contributed by atoms with Crippen molar-refractivity contribution in [3.8, 4) is 0 Å². The van der Waals surface area contributed by atoms with Gasteiger partial charge >= 0.3 is 0 Å². The molecule has 2 aliphatic heterocycles. The van der Waals surface area contributed by atoms with E-state index in [4.69, 9.17) is 0 Å². The average Bonchev–Trinajstić information content (AvgIpc) is 2.28. The van der Waals surface area contributed by atoms with Crippen LogP contribution in [0.4, 0.5) is 5.82 Å². The molecular formula is C12H17N3. The first-order chi connectivity index (χ1) is 7.34. The van der Waals surface area contributed by atoms with E-state index in [1.165, 1.54) is 29.8 Å². The lowest BCUT2D eigenvalue weighted by Gasteiger charge is -2.41. The molecule has 0 saturated carbocycles. The van der Waals surface area contributed by atoms with Crippen LogP contribution in [0.3, 0.4) is 0 Å². The highest BCUT2D eigenvalue weighted by atomic mass is 15.3. The van der Waals surface area contributed by atoms with Crippen LogP contribution in [-0.2, 0) is 6.42 Å². The molecule has 1 N–H and O–H groups in total. The number of pyridine rings is 1. The van der Waals surface area contributed by atoms with Gasteiger partial charge in [-0.1, -0.05) is 6.07 Å². The van der Waals surface area contributed by atoms with Gasteiger partial charge in [0, 0.05) is 31.9 Å². The number of hydrogen-bond donors (Lipinski definition) is 1. The van der Waals surface area contributed by atoms with E-state index in [0.29, 0.717) is 6.04 Å². The summed E-state index contributed by atoms with van der Waals surface area (Å²) in [5.41, 5.74) is 2.72. The summed E-state index contributed by atoms with van der Waals surface area (Å²) in [7, 11) is 0. The van der Waals surface area contributed by atoms with Crippen molar-refractivity contribution in [2.45, 2.75) is 25.8 Å². The molecule has 2 aliphatic rings. The maximum Gasteiger partial charge on any atom is 0.132 e. The van der Waals surface area contributed by atoms with Gasteiger partial charge in [0.15, 0.2) is 0 Å². The second-order valence-electron chi connectivity index (χ2n) is 4.59. The van der Waals surface area contributed by atoms with Crippen LogP contribution in [0.25, 0.3) is 0 Å². The Morgan fingerprint density at radius 2 is 2.47 bits per heavy atom. The molecule has 1 saturated heterocycles. The zero-order valence-corrected chi connectivity index (χ0v) is 9.16. The minimum Gasteiger partial charge on any atom is -0.351 e. The number of rotatable bonds is 0. The van der Waals surface area contributed by atoms with Crippen molar-refractivity contribution in [3.63, 3.8) is 0 Å². The number of piperazine rings is 1. The number of nitrogens with zero attached hydrogens (tertiary/aromatic N) is 2. The van der Waals surface area contributed by atoms with Crippen molar-refractivity contribution in [1.82, 2.24) is 10.3 Å². The summed E-state index contributed by atoms with van der Waals surface area (Å²) < 4.78 is 0. The molecule has 1 aromatic rings. The standard InChI is InChI=1S/C12H17N3/c1-9-6-10-2-3-11-8-13-4-5-15(11)12(10)14-7-9/h6-7,11,13H,2-5,8H2,1H3. The van der Waals surface area contributed by atoms with Crippen LogP contribution in [0.5, 0.6) is 0 Å². The summed E-state index contributed by atoms with van der Waals surface area (Å²) >= 11 is 0. The van der Waals surface area contributed by atoms with Crippen LogP contribution in [0.15, 0.2) is 12.3 Å². The third-order valence-electron chi connectivity index (χ3n) is 3.45. The van der Waals surface area contributed by atoms with Crippen molar-refractivity contribution in [1.29, 1.82) is 0 Å². The minimum atomic E-state index is 0.668. The quantitative estimate of drug-likeness (QED) is 0.684. The predicted molar refractivity (Wildman–Crippen MR) is 61.3 cm³/mol. The minimum absolute atomic E-state index is 0.668. The van der Waals surface area contributed by atoms with Crippen LogP contribution < -0.4 is 10.2 Å². The average molecular weight is 203 g/mol. The van der Waals surface area contributed by atoms with E-state index >= 15 is 0 Å². The van der Waals surface area contributed by atoms with Gasteiger partial charge in [0.2, 0.25) is 0 Å². The number of aryl methyl sites for hydroxylation is 2. The Labute approximate surface area is 90.5 Å². The molecule has 3 rings (SSSR count). The molecule has 1 unspecified atom stereocenters. The molecule has 80 valence electrons. The maximum absolute atomic E-state index is 4.60. The molecule has 1 atom stereocenters. The highest BCUT2D eigenvalue weighted by Gasteiger charge is 2.28. The molecule has 0 bridgehead atoms. The summed E-state index contributed by atoms with van der Waals surface area (Å²) in [6.07, 6.45) is 4.45. The Hall–Kier alpha value is -1.09. The molecule has 15 heavy (non-hydrogen) atoms. The molecule has 0 spiro atoms. The summed E-state index contributed by atoms with van der Waals surface area (Å²) in [6, 6.07) is 2.96. The molecule has 1 aromatic heterocycles. The van der Waals surface area contributed by atoms with Gasteiger partial charge in [0.25, 0.3) is 0 Å². The number of aromatic nitrogens is 1. The zero-order valence-electron chi connectivity index (χ0n) is 9.16. The lowest BCUT2D eigenvalue weighted by Crippen LogP contribution is -2.53. The third-order valence-corrected chi connectivity index (χ3v) is 3.45. The molecule has 3 heterocycles. The van der Waals surface area contributed by atoms with Crippen molar-refractivity contribution in [2.75, 3.05) is 24.5 Å². The molecule has 0 aliphatic carbocycles. The van der Waals surface area contributed by atoms with E-state index in [1.54, 1.807) is 0 Å². The van der Waals surface area contributed by atoms with Crippen molar-refractivity contribution in [2.24, 2.45) is 0 Å². The largest absolute Gasteiger partial charge is 0.351 e. The van der Waals surface area contributed by atoms with Crippen LogP contribution in [0.1, 0.15) is 17.5 Å². The van der Waals surface area contributed by atoms with Crippen molar-refractivity contribution in [3.05, 3.63) is 23.4 Å².